The lowest BCUT2D eigenvalue weighted by Crippen LogP contribution is -2.03. The summed E-state index contributed by atoms with van der Waals surface area (Å²) in [6.07, 6.45) is 4.02. The van der Waals surface area contributed by atoms with Crippen molar-refractivity contribution in [1.82, 2.24) is 4.98 Å². The Hall–Kier alpha value is -0.540. The second-order valence-corrected chi connectivity index (χ2v) is 4.84. The van der Waals surface area contributed by atoms with E-state index in [2.05, 4.69) is 31.0 Å². The average molecular weight is 210 g/mol. The molecule has 1 atom stereocenters. The molecule has 1 aromatic rings. The van der Waals surface area contributed by atoms with Crippen LogP contribution in [0.4, 0.5) is 0 Å². The maximum Gasteiger partial charge on any atom is 0.0962 e. The van der Waals surface area contributed by atoms with E-state index in [-0.39, 0.29) is 0 Å². The van der Waals surface area contributed by atoms with Crippen LogP contribution in [0, 0.1) is 0 Å². The minimum atomic E-state index is 0.642. The first-order valence-corrected chi connectivity index (χ1v) is 5.96. The Kier molecular flexibility index (Phi) is 4.98. The number of pyridine rings is 1. The van der Waals surface area contributed by atoms with Crippen molar-refractivity contribution in [2.75, 3.05) is 6.54 Å². The molecule has 3 heteroatoms. The zero-order valence-corrected chi connectivity index (χ0v) is 9.68. The van der Waals surface area contributed by atoms with Gasteiger partial charge in [0.1, 0.15) is 0 Å². The van der Waals surface area contributed by atoms with Gasteiger partial charge in [0.2, 0.25) is 0 Å². The highest BCUT2D eigenvalue weighted by Crippen LogP contribution is 2.22. The summed E-state index contributed by atoms with van der Waals surface area (Å²) >= 11 is 1.83. The zero-order chi connectivity index (χ0) is 10.4. The van der Waals surface area contributed by atoms with E-state index in [9.17, 15) is 0 Å². The fraction of sp³-hybridized carbons (Fsp3) is 0.545. The van der Waals surface area contributed by atoms with Crippen LogP contribution in [-0.2, 0) is 6.42 Å². The number of thioether (sulfide) groups is 1. The maximum absolute atomic E-state index is 5.47. The summed E-state index contributed by atoms with van der Waals surface area (Å²) in [7, 11) is 0. The number of nitrogens with zero attached hydrogens (tertiary/aromatic N) is 1. The minimum absolute atomic E-state index is 0.642. The van der Waals surface area contributed by atoms with Crippen LogP contribution in [0.3, 0.4) is 0 Å². The van der Waals surface area contributed by atoms with E-state index in [1.165, 1.54) is 12.0 Å². The minimum Gasteiger partial charge on any atom is -0.330 e. The molecule has 0 aromatic carbocycles. The molecule has 0 bridgehead atoms. The Morgan fingerprint density at radius 2 is 2.29 bits per heavy atom. The van der Waals surface area contributed by atoms with Gasteiger partial charge in [0.25, 0.3) is 0 Å². The van der Waals surface area contributed by atoms with Crippen LogP contribution in [-0.4, -0.2) is 16.8 Å². The molecule has 0 radical (unpaired) electrons. The molecule has 78 valence electrons. The molecule has 14 heavy (non-hydrogen) atoms. The first kappa shape index (κ1) is 11.5. The van der Waals surface area contributed by atoms with Gasteiger partial charge in [-0.2, -0.15) is 0 Å². The lowest BCUT2D eigenvalue weighted by atomic mass is 10.2. The molecular weight excluding hydrogens is 192 g/mol. The van der Waals surface area contributed by atoms with Gasteiger partial charge in [0.05, 0.1) is 5.03 Å². The molecule has 0 spiro atoms. The molecule has 1 unspecified atom stereocenters. The first-order chi connectivity index (χ1) is 6.76. The number of aromatic nitrogens is 1. The van der Waals surface area contributed by atoms with E-state index in [0.717, 1.165) is 11.4 Å². The van der Waals surface area contributed by atoms with Gasteiger partial charge in [-0.1, -0.05) is 19.9 Å². The van der Waals surface area contributed by atoms with Crippen LogP contribution >= 0.6 is 11.8 Å². The number of hydrogen-bond donors (Lipinski definition) is 1. The quantitative estimate of drug-likeness (QED) is 0.759. The van der Waals surface area contributed by atoms with E-state index >= 15 is 0 Å². The van der Waals surface area contributed by atoms with Crippen molar-refractivity contribution in [2.45, 2.75) is 37.0 Å². The van der Waals surface area contributed by atoms with Gasteiger partial charge < -0.3 is 5.73 Å². The van der Waals surface area contributed by atoms with Crippen LogP contribution in [0.25, 0.3) is 0 Å². The van der Waals surface area contributed by atoms with Crippen LogP contribution < -0.4 is 5.73 Å². The van der Waals surface area contributed by atoms with Crippen LogP contribution in [0.1, 0.15) is 25.8 Å². The largest absolute Gasteiger partial charge is 0.330 e. The highest BCUT2D eigenvalue weighted by Gasteiger charge is 2.02. The van der Waals surface area contributed by atoms with Gasteiger partial charge >= 0.3 is 0 Å². The number of hydrogen-bond acceptors (Lipinski definition) is 3. The highest BCUT2D eigenvalue weighted by atomic mass is 32.2. The van der Waals surface area contributed by atoms with Crippen LogP contribution in [0.15, 0.2) is 23.4 Å². The molecule has 0 aliphatic carbocycles. The molecule has 0 saturated carbocycles. The van der Waals surface area contributed by atoms with Crippen molar-refractivity contribution >= 4 is 11.8 Å². The Morgan fingerprint density at radius 3 is 2.79 bits per heavy atom. The SMILES string of the molecule is CCC(C)Sc1ccc(CCN)cn1. The highest BCUT2D eigenvalue weighted by molar-refractivity contribution is 7.99. The molecule has 1 heterocycles. The van der Waals surface area contributed by atoms with Gasteiger partial charge in [-0.05, 0) is 31.0 Å². The second kappa shape index (κ2) is 6.04. The van der Waals surface area contributed by atoms with Crippen molar-refractivity contribution < 1.29 is 0 Å². The monoisotopic (exact) mass is 210 g/mol. The zero-order valence-electron chi connectivity index (χ0n) is 8.86. The van der Waals surface area contributed by atoms with E-state index < -0.39 is 0 Å². The lowest BCUT2D eigenvalue weighted by Gasteiger charge is -2.07. The van der Waals surface area contributed by atoms with E-state index in [1.807, 2.05) is 18.0 Å². The van der Waals surface area contributed by atoms with Crippen LogP contribution in [0.5, 0.6) is 0 Å². The average Bonchev–Trinajstić information content (AvgIpc) is 2.21. The Balaban J connectivity index is 2.54. The summed E-state index contributed by atoms with van der Waals surface area (Å²) in [6.45, 7) is 5.11. The fourth-order valence-electron chi connectivity index (χ4n) is 1.08. The summed E-state index contributed by atoms with van der Waals surface area (Å²) in [5, 5.41) is 1.75. The molecule has 0 aliphatic rings. The lowest BCUT2D eigenvalue weighted by molar-refractivity contribution is 0.898. The van der Waals surface area contributed by atoms with E-state index in [1.54, 1.807) is 0 Å². The normalized spacial score (nSPS) is 12.8. The second-order valence-electron chi connectivity index (χ2n) is 3.38. The van der Waals surface area contributed by atoms with E-state index in [4.69, 9.17) is 5.73 Å². The summed E-state index contributed by atoms with van der Waals surface area (Å²) in [5.41, 5.74) is 6.69. The van der Waals surface area contributed by atoms with Crippen molar-refractivity contribution in [1.29, 1.82) is 0 Å². The molecule has 1 aromatic heterocycles. The third kappa shape index (κ3) is 3.68. The summed E-state index contributed by atoms with van der Waals surface area (Å²) < 4.78 is 0. The van der Waals surface area contributed by atoms with Crippen molar-refractivity contribution in [3.8, 4) is 0 Å². The third-order valence-electron chi connectivity index (χ3n) is 2.13. The molecule has 0 saturated heterocycles. The molecule has 1 rings (SSSR count). The first-order valence-electron chi connectivity index (χ1n) is 5.08. The Morgan fingerprint density at radius 1 is 1.50 bits per heavy atom. The van der Waals surface area contributed by atoms with Crippen molar-refractivity contribution in [3.05, 3.63) is 23.9 Å². The topological polar surface area (TPSA) is 38.9 Å². The molecule has 2 N–H and O–H groups in total. The third-order valence-corrected chi connectivity index (χ3v) is 3.35. The Bertz CT molecular complexity index is 258. The van der Waals surface area contributed by atoms with Crippen LogP contribution in [0.2, 0.25) is 0 Å². The molecular formula is C11H18N2S. The van der Waals surface area contributed by atoms with Gasteiger partial charge in [-0.25, -0.2) is 4.98 Å². The van der Waals surface area contributed by atoms with Gasteiger partial charge in [0, 0.05) is 11.4 Å². The van der Waals surface area contributed by atoms with Gasteiger partial charge in [0.15, 0.2) is 0 Å². The predicted octanol–water partition coefficient (Wildman–Crippen LogP) is 2.47. The maximum atomic E-state index is 5.47. The molecule has 0 fully saturated rings. The Labute approximate surface area is 90.3 Å². The number of nitrogens with two attached hydrogens (primary N) is 1. The molecule has 0 aliphatic heterocycles. The van der Waals surface area contributed by atoms with Gasteiger partial charge in [-0.15, -0.1) is 11.8 Å². The molecule has 2 nitrogen and oxygen atoms in total. The van der Waals surface area contributed by atoms with Crippen molar-refractivity contribution in [2.24, 2.45) is 5.73 Å². The summed E-state index contributed by atoms with van der Waals surface area (Å²) in [6, 6.07) is 4.20. The fourth-order valence-corrected chi connectivity index (χ4v) is 1.92. The molecule has 0 amide bonds. The smallest absolute Gasteiger partial charge is 0.0962 e. The summed E-state index contributed by atoms with van der Waals surface area (Å²) in [5.74, 6) is 0. The van der Waals surface area contributed by atoms with Crippen molar-refractivity contribution in [3.63, 3.8) is 0 Å². The summed E-state index contributed by atoms with van der Waals surface area (Å²) in [4.78, 5) is 4.39. The number of rotatable bonds is 5. The van der Waals surface area contributed by atoms with E-state index in [0.29, 0.717) is 11.8 Å². The standard InChI is InChI=1S/C11H18N2S/c1-3-9(2)14-11-5-4-10(6-7-12)8-13-11/h4-5,8-9H,3,6-7,12H2,1-2H3. The van der Waals surface area contributed by atoms with Gasteiger partial charge in [-0.3, -0.25) is 0 Å². The predicted molar refractivity (Wildman–Crippen MR) is 62.6 cm³/mol.